The van der Waals surface area contributed by atoms with Crippen LogP contribution in [0.3, 0.4) is 0 Å². The van der Waals surface area contributed by atoms with Gasteiger partial charge in [0.1, 0.15) is 12.4 Å². The zero-order chi connectivity index (χ0) is 18.8. The normalized spacial score (nSPS) is 10.9. The van der Waals surface area contributed by atoms with Crippen molar-refractivity contribution in [3.63, 3.8) is 0 Å². The maximum atomic E-state index is 11.8. The van der Waals surface area contributed by atoms with E-state index < -0.39 is 0 Å². The number of carbonyl (C=O) groups is 1. The fourth-order valence-corrected chi connectivity index (χ4v) is 3.36. The number of aromatic nitrogens is 1. The van der Waals surface area contributed by atoms with Crippen molar-refractivity contribution in [3.05, 3.63) is 94.8 Å². The summed E-state index contributed by atoms with van der Waals surface area (Å²) >= 11 is 6.40. The molecule has 4 aromatic rings. The van der Waals surface area contributed by atoms with Crippen LogP contribution in [-0.4, -0.2) is 10.7 Å². The zero-order valence-electron chi connectivity index (χ0n) is 14.9. The van der Waals surface area contributed by atoms with E-state index in [1.807, 2.05) is 84.3 Å². The molecule has 27 heavy (non-hydrogen) atoms. The van der Waals surface area contributed by atoms with Gasteiger partial charge in [-0.05, 0) is 48.4 Å². The molecule has 0 aliphatic heterocycles. The molecule has 2 aromatic carbocycles. The number of carbonyl (C=O) groups excluding carboxylic acids is 1. The van der Waals surface area contributed by atoms with Crippen molar-refractivity contribution in [2.45, 2.75) is 13.5 Å². The number of halogens is 1. The van der Waals surface area contributed by atoms with E-state index in [0.717, 1.165) is 34.1 Å². The number of pyridine rings is 1. The monoisotopic (exact) mass is 375 g/mol. The van der Waals surface area contributed by atoms with E-state index in [0.29, 0.717) is 23.1 Å². The van der Waals surface area contributed by atoms with E-state index in [1.165, 1.54) is 0 Å². The Labute approximate surface area is 162 Å². The van der Waals surface area contributed by atoms with Crippen LogP contribution in [0.1, 0.15) is 21.6 Å². The number of aldehydes is 1. The third-order valence-corrected chi connectivity index (χ3v) is 5.03. The van der Waals surface area contributed by atoms with E-state index in [4.69, 9.17) is 16.3 Å². The van der Waals surface area contributed by atoms with E-state index in [9.17, 15) is 4.79 Å². The molecule has 2 heterocycles. The van der Waals surface area contributed by atoms with Crippen LogP contribution in [0.5, 0.6) is 5.75 Å². The van der Waals surface area contributed by atoms with Crippen LogP contribution < -0.4 is 4.74 Å². The molecule has 0 amide bonds. The number of hydrogen-bond donors (Lipinski definition) is 0. The molecular formula is C23H18ClNO2. The Morgan fingerprint density at radius 3 is 2.56 bits per heavy atom. The van der Waals surface area contributed by atoms with Crippen LogP contribution in [0.25, 0.3) is 16.6 Å². The molecule has 0 aliphatic rings. The van der Waals surface area contributed by atoms with Gasteiger partial charge < -0.3 is 9.14 Å². The summed E-state index contributed by atoms with van der Waals surface area (Å²) in [5.74, 6) is 0.708. The van der Waals surface area contributed by atoms with Gasteiger partial charge in [-0.3, -0.25) is 4.79 Å². The molecule has 0 N–H and O–H groups in total. The first-order valence-corrected chi connectivity index (χ1v) is 9.07. The average molecular weight is 376 g/mol. The van der Waals surface area contributed by atoms with Crippen molar-refractivity contribution < 1.29 is 9.53 Å². The van der Waals surface area contributed by atoms with Gasteiger partial charge in [-0.1, -0.05) is 48.0 Å². The molecule has 0 unspecified atom stereocenters. The number of fused-ring (bicyclic) bond motifs is 1. The van der Waals surface area contributed by atoms with Gasteiger partial charge in [0.2, 0.25) is 0 Å². The van der Waals surface area contributed by atoms with Crippen molar-refractivity contribution in [3.8, 4) is 16.9 Å². The highest BCUT2D eigenvalue weighted by molar-refractivity contribution is 6.31. The van der Waals surface area contributed by atoms with E-state index in [1.54, 1.807) is 0 Å². The zero-order valence-corrected chi connectivity index (χ0v) is 15.6. The predicted octanol–water partition coefficient (Wildman–Crippen LogP) is 5.96. The van der Waals surface area contributed by atoms with Gasteiger partial charge in [-0.2, -0.15) is 0 Å². The molecule has 2 aromatic heterocycles. The van der Waals surface area contributed by atoms with Gasteiger partial charge in [0.15, 0.2) is 6.29 Å². The highest BCUT2D eigenvalue weighted by atomic mass is 35.5. The maximum Gasteiger partial charge on any atom is 0.167 e. The van der Waals surface area contributed by atoms with Crippen molar-refractivity contribution in [1.82, 2.24) is 4.40 Å². The number of aryl methyl sites for hydroxylation is 1. The Balaban J connectivity index is 1.82. The van der Waals surface area contributed by atoms with Crippen molar-refractivity contribution in [2.24, 2.45) is 0 Å². The third kappa shape index (κ3) is 3.34. The molecule has 0 aliphatic carbocycles. The molecule has 0 radical (unpaired) electrons. The van der Waals surface area contributed by atoms with Crippen LogP contribution >= 0.6 is 11.6 Å². The van der Waals surface area contributed by atoms with Crippen LogP contribution in [0, 0.1) is 6.92 Å². The molecule has 0 bridgehead atoms. The van der Waals surface area contributed by atoms with E-state index >= 15 is 0 Å². The van der Waals surface area contributed by atoms with Gasteiger partial charge in [0, 0.05) is 27.9 Å². The summed E-state index contributed by atoms with van der Waals surface area (Å²) in [7, 11) is 0. The van der Waals surface area contributed by atoms with Gasteiger partial charge in [-0.15, -0.1) is 0 Å². The lowest BCUT2D eigenvalue weighted by Crippen LogP contribution is -1.99. The summed E-state index contributed by atoms with van der Waals surface area (Å²) in [6, 6.07) is 21.6. The Kier molecular flexibility index (Phi) is 4.69. The second-order valence-electron chi connectivity index (χ2n) is 6.43. The van der Waals surface area contributed by atoms with Crippen LogP contribution in [0.4, 0.5) is 0 Å². The Morgan fingerprint density at radius 2 is 1.78 bits per heavy atom. The van der Waals surface area contributed by atoms with Gasteiger partial charge in [0.05, 0.1) is 5.69 Å². The third-order valence-electron chi connectivity index (χ3n) is 4.62. The Morgan fingerprint density at radius 1 is 1.00 bits per heavy atom. The van der Waals surface area contributed by atoms with Crippen LogP contribution in [0.15, 0.2) is 72.9 Å². The average Bonchev–Trinajstić information content (AvgIpc) is 3.07. The minimum atomic E-state index is 0.443. The summed E-state index contributed by atoms with van der Waals surface area (Å²) < 4.78 is 8.00. The summed E-state index contributed by atoms with van der Waals surface area (Å²) in [6.07, 6.45) is 2.75. The number of hydrogen-bond acceptors (Lipinski definition) is 2. The molecule has 0 fully saturated rings. The first-order chi connectivity index (χ1) is 13.2. The molecule has 0 atom stereocenters. The molecule has 4 heteroatoms. The van der Waals surface area contributed by atoms with E-state index in [-0.39, 0.29) is 0 Å². The topological polar surface area (TPSA) is 30.7 Å². The summed E-state index contributed by atoms with van der Waals surface area (Å²) in [4.78, 5) is 11.8. The molecule has 0 spiro atoms. The molecule has 4 rings (SSSR count). The molecule has 3 nitrogen and oxygen atoms in total. The Hall–Kier alpha value is -3.04. The summed E-state index contributed by atoms with van der Waals surface area (Å²) in [5.41, 5.74) is 5.15. The Bertz CT molecular complexity index is 1120. The minimum Gasteiger partial charge on any atom is -0.488 e. The smallest absolute Gasteiger partial charge is 0.167 e. The highest BCUT2D eigenvalue weighted by Gasteiger charge is 2.17. The second-order valence-corrected chi connectivity index (χ2v) is 6.84. The molecular weight excluding hydrogens is 358 g/mol. The second kappa shape index (κ2) is 7.29. The number of benzene rings is 2. The summed E-state index contributed by atoms with van der Waals surface area (Å²) in [5, 5.41) is 0.643. The van der Waals surface area contributed by atoms with Gasteiger partial charge in [0.25, 0.3) is 0 Å². The van der Waals surface area contributed by atoms with Crippen molar-refractivity contribution in [2.75, 3.05) is 0 Å². The van der Waals surface area contributed by atoms with Crippen molar-refractivity contribution >= 4 is 23.4 Å². The fourth-order valence-electron chi connectivity index (χ4n) is 3.20. The SMILES string of the molecule is Cc1cc(OCc2ccccc2)c(-c2cc3ccccn3c2C=O)cc1Cl. The van der Waals surface area contributed by atoms with Gasteiger partial charge >= 0.3 is 0 Å². The number of nitrogens with zero attached hydrogens (tertiary/aromatic N) is 1. The lowest BCUT2D eigenvalue weighted by molar-refractivity contribution is 0.111. The van der Waals surface area contributed by atoms with Crippen LogP contribution in [-0.2, 0) is 6.61 Å². The first kappa shape index (κ1) is 17.4. The highest BCUT2D eigenvalue weighted by Crippen LogP contribution is 2.38. The fraction of sp³-hybridized carbons (Fsp3) is 0.0870. The number of rotatable bonds is 5. The molecule has 0 saturated carbocycles. The maximum absolute atomic E-state index is 11.8. The van der Waals surface area contributed by atoms with Crippen molar-refractivity contribution in [1.29, 1.82) is 0 Å². The quantitative estimate of drug-likeness (QED) is 0.403. The van der Waals surface area contributed by atoms with E-state index in [2.05, 4.69) is 0 Å². The lowest BCUT2D eigenvalue weighted by atomic mass is 10.0. The van der Waals surface area contributed by atoms with Gasteiger partial charge in [-0.25, -0.2) is 0 Å². The molecule has 134 valence electrons. The standard InChI is InChI=1S/C23H18ClNO2/c1-16-11-23(27-15-17-7-3-2-4-8-17)20(13-21(16)24)19-12-18-9-5-6-10-25(18)22(19)14-26/h2-14H,15H2,1H3. The van der Waals surface area contributed by atoms with Crippen LogP contribution in [0.2, 0.25) is 5.02 Å². The summed E-state index contributed by atoms with van der Waals surface area (Å²) in [6.45, 7) is 2.39. The first-order valence-electron chi connectivity index (χ1n) is 8.70. The lowest BCUT2D eigenvalue weighted by Gasteiger charge is -2.14. The largest absolute Gasteiger partial charge is 0.488 e. The number of ether oxygens (including phenoxy) is 1. The predicted molar refractivity (Wildman–Crippen MR) is 109 cm³/mol. The minimum absolute atomic E-state index is 0.443. The molecule has 0 saturated heterocycles.